The van der Waals surface area contributed by atoms with Gasteiger partial charge in [-0.05, 0) is 38.3 Å². The number of unbranched alkanes of at least 4 members (excludes halogenated alkanes) is 1. The van der Waals surface area contributed by atoms with E-state index >= 15 is 0 Å². The number of rotatable bonds is 8. The minimum atomic E-state index is -0.316. The summed E-state index contributed by atoms with van der Waals surface area (Å²) in [6, 6.07) is 0. The maximum Gasteiger partial charge on any atom is 0.231 e. The normalized spacial score (nSPS) is 15.3. The lowest BCUT2D eigenvalue weighted by molar-refractivity contribution is -0.130. The van der Waals surface area contributed by atoms with Crippen LogP contribution in [0, 0.1) is 5.41 Å². The molecule has 0 aromatic rings. The van der Waals surface area contributed by atoms with Crippen LogP contribution in [-0.2, 0) is 4.79 Å². The van der Waals surface area contributed by atoms with Crippen molar-refractivity contribution in [3.05, 3.63) is 24.0 Å². The molecular weight excluding hydrogens is 236 g/mol. The van der Waals surface area contributed by atoms with Crippen LogP contribution in [0.15, 0.2) is 29.0 Å². The summed E-state index contributed by atoms with van der Waals surface area (Å²) in [4.78, 5) is 16.6. The predicted octanol–water partition coefficient (Wildman–Crippen LogP) is 4.22. The lowest BCUT2D eigenvalue weighted by Gasteiger charge is -2.26. The SMILES string of the molecule is C=C(C)C=NC(=CC)NC(=O)C(C)(CC)CCCC. The van der Waals surface area contributed by atoms with Crippen LogP contribution in [0.2, 0.25) is 0 Å². The van der Waals surface area contributed by atoms with Gasteiger partial charge in [-0.1, -0.05) is 40.2 Å². The van der Waals surface area contributed by atoms with Crippen molar-refractivity contribution in [2.75, 3.05) is 0 Å². The molecule has 0 aliphatic carbocycles. The number of carbonyl (C=O) groups excluding carboxylic acids is 1. The van der Waals surface area contributed by atoms with Crippen LogP contribution in [0.25, 0.3) is 0 Å². The molecule has 0 spiro atoms. The standard InChI is InChI=1S/C16H28N2O/c1-7-10-11-16(6,9-3)15(19)18-14(8-2)17-12-13(4)5/h8,12H,4,7,9-11H2,1-3,5-6H3,(H,18,19). The van der Waals surface area contributed by atoms with Crippen molar-refractivity contribution in [2.24, 2.45) is 10.4 Å². The number of nitrogens with one attached hydrogen (secondary N) is 1. The molecule has 19 heavy (non-hydrogen) atoms. The maximum atomic E-state index is 12.4. The molecule has 0 saturated carbocycles. The first-order chi connectivity index (χ1) is 8.89. The summed E-state index contributed by atoms with van der Waals surface area (Å²) < 4.78 is 0. The van der Waals surface area contributed by atoms with Crippen molar-refractivity contribution >= 4 is 12.1 Å². The fourth-order valence-electron chi connectivity index (χ4n) is 1.64. The average Bonchev–Trinajstić information content (AvgIpc) is 2.40. The maximum absolute atomic E-state index is 12.4. The van der Waals surface area contributed by atoms with Crippen molar-refractivity contribution in [1.29, 1.82) is 0 Å². The molecular formula is C16H28N2O. The Morgan fingerprint density at radius 3 is 2.47 bits per heavy atom. The molecule has 1 amide bonds. The Hall–Kier alpha value is -1.38. The lowest BCUT2D eigenvalue weighted by atomic mass is 9.81. The van der Waals surface area contributed by atoms with E-state index in [-0.39, 0.29) is 11.3 Å². The average molecular weight is 264 g/mol. The monoisotopic (exact) mass is 264 g/mol. The van der Waals surface area contributed by atoms with Crippen LogP contribution in [0.5, 0.6) is 0 Å². The van der Waals surface area contributed by atoms with Crippen LogP contribution in [0.1, 0.15) is 60.3 Å². The van der Waals surface area contributed by atoms with Gasteiger partial charge in [-0.3, -0.25) is 4.79 Å². The summed E-state index contributed by atoms with van der Waals surface area (Å²) in [5.74, 6) is 0.639. The van der Waals surface area contributed by atoms with E-state index in [9.17, 15) is 4.79 Å². The highest BCUT2D eigenvalue weighted by atomic mass is 16.2. The van der Waals surface area contributed by atoms with Crippen LogP contribution in [0.4, 0.5) is 0 Å². The number of hydrogen-bond donors (Lipinski definition) is 1. The third-order valence-electron chi connectivity index (χ3n) is 3.35. The Labute approximate surface area is 117 Å². The molecule has 0 aliphatic heterocycles. The molecule has 108 valence electrons. The summed E-state index contributed by atoms with van der Waals surface area (Å²) >= 11 is 0. The van der Waals surface area contributed by atoms with Crippen LogP contribution in [-0.4, -0.2) is 12.1 Å². The first-order valence-electron chi connectivity index (χ1n) is 7.07. The van der Waals surface area contributed by atoms with E-state index in [0.29, 0.717) is 5.82 Å². The highest BCUT2D eigenvalue weighted by molar-refractivity contribution is 5.84. The molecule has 0 bridgehead atoms. The molecule has 3 heteroatoms. The van der Waals surface area contributed by atoms with E-state index < -0.39 is 0 Å². The van der Waals surface area contributed by atoms with Crippen LogP contribution in [0.3, 0.4) is 0 Å². The first kappa shape index (κ1) is 17.6. The largest absolute Gasteiger partial charge is 0.311 e. The van der Waals surface area contributed by atoms with Crippen molar-refractivity contribution in [3.8, 4) is 0 Å². The molecule has 0 fully saturated rings. The van der Waals surface area contributed by atoms with Gasteiger partial charge < -0.3 is 5.32 Å². The highest BCUT2D eigenvalue weighted by Crippen LogP contribution is 2.28. The van der Waals surface area contributed by atoms with Crippen molar-refractivity contribution in [2.45, 2.75) is 60.3 Å². The van der Waals surface area contributed by atoms with Gasteiger partial charge >= 0.3 is 0 Å². The number of aliphatic imine (C=N–C) groups is 1. The van der Waals surface area contributed by atoms with E-state index in [0.717, 1.165) is 31.3 Å². The summed E-state index contributed by atoms with van der Waals surface area (Å²) in [7, 11) is 0. The minimum Gasteiger partial charge on any atom is -0.311 e. The number of hydrogen-bond acceptors (Lipinski definition) is 2. The predicted molar refractivity (Wildman–Crippen MR) is 83.1 cm³/mol. The molecule has 0 aromatic carbocycles. The van der Waals surface area contributed by atoms with Crippen molar-refractivity contribution < 1.29 is 4.79 Å². The number of nitrogens with zero attached hydrogens (tertiary/aromatic N) is 1. The summed E-state index contributed by atoms with van der Waals surface area (Å²) in [5, 5.41) is 2.91. The zero-order chi connectivity index (χ0) is 14.9. The first-order valence-corrected chi connectivity index (χ1v) is 7.07. The highest BCUT2D eigenvalue weighted by Gasteiger charge is 2.30. The van der Waals surface area contributed by atoms with E-state index in [2.05, 4.69) is 30.7 Å². The van der Waals surface area contributed by atoms with Gasteiger partial charge in [-0.15, -0.1) is 0 Å². The second-order valence-electron chi connectivity index (χ2n) is 5.25. The van der Waals surface area contributed by atoms with E-state index in [4.69, 9.17) is 0 Å². The summed E-state index contributed by atoms with van der Waals surface area (Å²) in [6.45, 7) is 13.7. The Bertz CT molecular complexity index is 369. The van der Waals surface area contributed by atoms with Gasteiger partial charge in [0.05, 0.1) is 0 Å². The minimum absolute atomic E-state index is 0.0513. The Morgan fingerprint density at radius 2 is 2.05 bits per heavy atom. The summed E-state index contributed by atoms with van der Waals surface area (Å²) in [6.07, 6.45) is 7.37. The molecule has 0 radical (unpaired) electrons. The second kappa shape index (κ2) is 8.68. The van der Waals surface area contributed by atoms with Gasteiger partial charge in [0.2, 0.25) is 5.91 Å². The molecule has 3 nitrogen and oxygen atoms in total. The van der Waals surface area contributed by atoms with E-state index in [1.54, 1.807) is 12.3 Å². The van der Waals surface area contributed by atoms with Gasteiger partial charge in [0.25, 0.3) is 0 Å². The quantitative estimate of drug-likeness (QED) is 0.655. The molecule has 0 rings (SSSR count). The van der Waals surface area contributed by atoms with Crippen molar-refractivity contribution in [3.63, 3.8) is 0 Å². The zero-order valence-electron chi connectivity index (χ0n) is 13.0. The molecule has 1 unspecified atom stereocenters. The molecule has 0 aromatic heterocycles. The molecule has 1 atom stereocenters. The third kappa shape index (κ3) is 6.37. The van der Waals surface area contributed by atoms with Crippen LogP contribution >= 0.6 is 0 Å². The number of carbonyl (C=O) groups is 1. The zero-order valence-corrected chi connectivity index (χ0v) is 13.0. The van der Waals surface area contributed by atoms with Gasteiger partial charge in [0.15, 0.2) is 0 Å². The van der Waals surface area contributed by atoms with E-state index in [1.165, 1.54) is 0 Å². The van der Waals surface area contributed by atoms with Gasteiger partial charge in [-0.25, -0.2) is 4.99 Å². The second-order valence-corrected chi connectivity index (χ2v) is 5.25. The molecule has 0 aliphatic rings. The van der Waals surface area contributed by atoms with Gasteiger partial charge in [0, 0.05) is 11.6 Å². The Kier molecular flexibility index (Phi) is 8.05. The fraction of sp³-hybridized carbons (Fsp3) is 0.625. The van der Waals surface area contributed by atoms with Gasteiger partial charge in [0.1, 0.15) is 5.82 Å². The third-order valence-corrected chi connectivity index (χ3v) is 3.35. The lowest BCUT2D eigenvalue weighted by Crippen LogP contribution is -2.37. The number of amides is 1. The smallest absolute Gasteiger partial charge is 0.231 e. The van der Waals surface area contributed by atoms with E-state index in [1.807, 2.05) is 20.8 Å². The fourth-order valence-corrected chi connectivity index (χ4v) is 1.64. The molecule has 0 saturated heterocycles. The topological polar surface area (TPSA) is 41.5 Å². The Balaban J connectivity index is 4.75. The van der Waals surface area contributed by atoms with Crippen LogP contribution < -0.4 is 5.32 Å². The van der Waals surface area contributed by atoms with Crippen molar-refractivity contribution in [1.82, 2.24) is 5.32 Å². The Morgan fingerprint density at radius 1 is 1.42 bits per heavy atom. The molecule has 0 heterocycles. The van der Waals surface area contributed by atoms with Gasteiger partial charge in [-0.2, -0.15) is 0 Å². The summed E-state index contributed by atoms with van der Waals surface area (Å²) in [5.41, 5.74) is 0.543. The molecule has 1 N–H and O–H groups in total. The number of allylic oxidation sites excluding steroid dienone is 2.